The smallest absolute Gasteiger partial charge is 0.307 e. The number of hydrogen-bond donors (Lipinski definition) is 0. The molecule has 0 amide bonds. The lowest BCUT2D eigenvalue weighted by Crippen LogP contribution is -2.13. The lowest BCUT2D eigenvalue weighted by Gasteiger charge is -2.04. The van der Waals surface area contributed by atoms with Gasteiger partial charge in [0, 0.05) is 0 Å². The van der Waals surface area contributed by atoms with Crippen molar-refractivity contribution in [2.24, 2.45) is 0 Å². The molecule has 3 aromatic rings. The molecule has 0 saturated carbocycles. The monoisotopic (exact) mass is 390 g/mol. The Morgan fingerprint density at radius 2 is 1.85 bits per heavy atom. The molecule has 2 heterocycles. The number of carbonyl (C=O) groups is 1. The molecule has 9 heteroatoms. The predicted molar refractivity (Wildman–Crippen MR) is 94.4 cm³/mol. The van der Waals surface area contributed by atoms with Gasteiger partial charge < -0.3 is 13.6 Å². The summed E-state index contributed by atoms with van der Waals surface area (Å²) in [5.41, 5.74) is 0.673. The van der Waals surface area contributed by atoms with E-state index in [-0.39, 0.29) is 35.5 Å². The van der Waals surface area contributed by atoms with Gasteiger partial charge in [0.2, 0.25) is 0 Å². The zero-order valence-electron chi connectivity index (χ0n) is 14.8. The molecule has 0 aliphatic rings. The molecule has 3 rings (SSSR count). The molecule has 0 unspecified atom stereocenters. The van der Waals surface area contributed by atoms with Gasteiger partial charge in [0.05, 0.1) is 22.6 Å². The molecule has 0 bridgehead atoms. The molecule has 0 saturated heterocycles. The second-order valence-electron chi connectivity index (χ2n) is 5.87. The van der Waals surface area contributed by atoms with E-state index in [2.05, 4.69) is 10.2 Å². The number of carbonyl (C=O) groups excluding carboxylic acids is 1. The molecule has 2 aromatic heterocycles. The molecule has 1 aromatic carbocycles. The maximum atomic E-state index is 12.1. The van der Waals surface area contributed by atoms with E-state index in [0.29, 0.717) is 17.1 Å². The number of rotatable bonds is 7. The molecule has 0 aliphatic heterocycles. The minimum absolute atomic E-state index is 0.113. The highest BCUT2D eigenvalue weighted by Crippen LogP contribution is 2.25. The number of nitrogens with zero attached hydrogens (tertiary/aromatic N) is 2. The van der Waals surface area contributed by atoms with Gasteiger partial charge in [0.25, 0.3) is 11.8 Å². The number of aromatic nitrogens is 2. The van der Waals surface area contributed by atoms with Crippen LogP contribution in [0.25, 0.3) is 11.5 Å². The summed E-state index contributed by atoms with van der Waals surface area (Å²) in [6, 6.07) is 9.72. The van der Waals surface area contributed by atoms with Crippen LogP contribution in [-0.4, -0.2) is 30.3 Å². The SMILES string of the molecule is Cc1cc(-c2nnc(COC(=O)CCS(=O)(=O)c3ccccc3)o2)c(C)o1. The number of esters is 1. The molecule has 0 N–H and O–H groups in total. The molecule has 142 valence electrons. The van der Waals surface area contributed by atoms with Gasteiger partial charge in [-0.25, -0.2) is 8.42 Å². The van der Waals surface area contributed by atoms with Gasteiger partial charge in [0.15, 0.2) is 16.4 Å². The van der Waals surface area contributed by atoms with Crippen molar-refractivity contribution in [1.29, 1.82) is 0 Å². The third kappa shape index (κ3) is 4.62. The first-order valence-electron chi connectivity index (χ1n) is 8.18. The van der Waals surface area contributed by atoms with Crippen molar-refractivity contribution in [2.45, 2.75) is 31.8 Å². The zero-order valence-corrected chi connectivity index (χ0v) is 15.7. The maximum Gasteiger partial charge on any atom is 0.307 e. The highest BCUT2D eigenvalue weighted by molar-refractivity contribution is 7.91. The maximum absolute atomic E-state index is 12.1. The Morgan fingerprint density at radius 3 is 2.52 bits per heavy atom. The van der Waals surface area contributed by atoms with Crippen LogP contribution in [0.4, 0.5) is 0 Å². The van der Waals surface area contributed by atoms with Crippen LogP contribution in [0.5, 0.6) is 0 Å². The van der Waals surface area contributed by atoms with Gasteiger partial charge >= 0.3 is 5.97 Å². The summed E-state index contributed by atoms with van der Waals surface area (Å²) in [5, 5.41) is 7.72. The summed E-state index contributed by atoms with van der Waals surface area (Å²) in [5.74, 6) is 0.742. The van der Waals surface area contributed by atoms with Gasteiger partial charge in [-0.2, -0.15) is 0 Å². The third-order valence-electron chi connectivity index (χ3n) is 3.77. The summed E-state index contributed by atoms with van der Waals surface area (Å²) in [7, 11) is -3.54. The van der Waals surface area contributed by atoms with Crippen LogP contribution in [-0.2, 0) is 26.0 Å². The first-order valence-corrected chi connectivity index (χ1v) is 9.83. The Balaban J connectivity index is 1.53. The van der Waals surface area contributed by atoms with Crippen molar-refractivity contribution >= 4 is 15.8 Å². The van der Waals surface area contributed by atoms with Crippen LogP contribution < -0.4 is 0 Å². The van der Waals surface area contributed by atoms with Crippen molar-refractivity contribution in [3.05, 3.63) is 53.8 Å². The lowest BCUT2D eigenvalue weighted by molar-refractivity contribution is -0.145. The molecular weight excluding hydrogens is 372 g/mol. The van der Waals surface area contributed by atoms with Crippen LogP contribution >= 0.6 is 0 Å². The van der Waals surface area contributed by atoms with Crippen LogP contribution in [0.15, 0.2) is 50.1 Å². The predicted octanol–water partition coefficient (Wildman–Crippen LogP) is 2.85. The third-order valence-corrected chi connectivity index (χ3v) is 5.50. The minimum Gasteiger partial charge on any atom is -0.466 e. The number of aryl methyl sites for hydroxylation is 2. The standard InChI is InChI=1S/C18H18N2O6S/c1-12-10-15(13(2)25-12)18-20-19-16(26-18)11-24-17(21)8-9-27(22,23)14-6-4-3-5-7-14/h3-7,10H,8-9,11H2,1-2H3. The van der Waals surface area contributed by atoms with Gasteiger partial charge in [-0.3, -0.25) is 4.79 Å². The van der Waals surface area contributed by atoms with Crippen molar-refractivity contribution < 1.29 is 26.8 Å². The molecule has 0 spiro atoms. The Kier molecular flexibility index (Phi) is 5.41. The van der Waals surface area contributed by atoms with Gasteiger partial charge in [-0.1, -0.05) is 18.2 Å². The Labute approximate surface area is 156 Å². The molecule has 8 nitrogen and oxygen atoms in total. The van der Waals surface area contributed by atoms with E-state index < -0.39 is 15.8 Å². The van der Waals surface area contributed by atoms with E-state index in [1.165, 1.54) is 12.1 Å². The van der Waals surface area contributed by atoms with Gasteiger partial charge in [-0.15, -0.1) is 10.2 Å². The molecule has 0 fully saturated rings. The van der Waals surface area contributed by atoms with Crippen molar-refractivity contribution in [1.82, 2.24) is 10.2 Å². The summed E-state index contributed by atoms with van der Waals surface area (Å²) in [6.45, 7) is 3.35. The molecule has 27 heavy (non-hydrogen) atoms. The average Bonchev–Trinajstić information content (AvgIpc) is 3.25. The van der Waals surface area contributed by atoms with Crippen molar-refractivity contribution in [3.8, 4) is 11.5 Å². The van der Waals surface area contributed by atoms with E-state index >= 15 is 0 Å². The van der Waals surface area contributed by atoms with E-state index in [4.69, 9.17) is 13.6 Å². The number of hydrogen-bond acceptors (Lipinski definition) is 8. The normalized spacial score (nSPS) is 11.5. The molecule has 0 aliphatic carbocycles. The lowest BCUT2D eigenvalue weighted by atomic mass is 10.2. The minimum atomic E-state index is -3.54. The average molecular weight is 390 g/mol. The van der Waals surface area contributed by atoms with Crippen LogP contribution in [0.2, 0.25) is 0 Å². The fraction of sp³-hybridized carbons (Fsp3) is 0.278. The first kappa shape index (κ1) is 18.8. The Hall–Kier alpha value is -2.94. The van der Waals surface area contributed by atoms with Crippen LogP contribution in [0, 0.1) is 13.8 Å². The van der Waals surface area contributed by atoms with Gasteiger partial charge in [-0.05, 0) is 32.0 Å². The summed E-state index contributed by atoms with van der Waals surface area (Å²) >= 11 is 0. The van der Waals surface area contributed by atoms with Crippen LogP contribution in [0.1, 0.15) is 23.8 Å². The Morgan fingerprint density at radius 1 is 1.11 bits per heavy atom. The van der Waals surface area contributed by atoms with E-state index in [9.17, 15) is 13.2 Å². The van der Waals surface area contributed by atoms with Gasteiger partial charge in [0.1, 0.15) is 11.5 Å². The van der Waals surface area contributed by atoms with Crippen molar-refractivity contribution in [3.63, 3.8) is 0 Å². The highest BCUT2D eigenvalue weighted by atomic mass is 32.2. The number of benzene rings is 1. The van der Waals surface area contributed by atoms with E-state index in [0.717, 1.165) is 0 Å². The molecular formula is C18H18N2O6S. The number of ether oxygens (including phenoxy) is 1. The molecule has 0 radical (unpaired) electrons. The largest absolute Gasteiger partial charge is 0.466 e. The zero-order chi connectivity index (χ0) is 19.4. The van der Waals surface area contributed by atoms with E-state index in [1.807, 2.05) is 0 Å². The fourth-order valence-electron chi connectivity index (χ4n) is 2.44. The topological polar surface area (TPSA) is 112 Å². The summed E-state index contributed by atoms with van der Waals surface area (Å²) < 4.78 is 40.2. The summed E-state index contributed by atoms with van der Waals surface area (Å²) in [6.07, 6.45) is -0.266. The quantitative estimate of drug-likeness (QED) is 0.566. The second-order valence-corrected chi connectivity index (χ2v) is 7.98. The molecule has 0 atom stereocenters. The van der Waals surface area contributed by atoms with E-state index in [1.54, 1.807) is 38.1 Å². The fourth-order valence-corrected chi connectivity index (χ4v) is 3.68. The number of sulfone groups is 1. The second kappa shape index (κ2) is 7.75. The van der Waals surface area contributed by atoms with Crippen LogP contribution in [0.3, 0.4) is 0 Å². The summed E-state index contributed by atoms with van der Waals surface area (Å²) in [4.78, 5) is 12.0. The van der Waals surface area contributed by atoms with Crippen molar-refractivity contribution in [2.75, 3.05) is 5.75 Å². The first-order chi connectivity index (χ1) is 12.8. The Bertz CT molecular complexity index is 1040. The highest BCUT2D eigenvalue weighted by Gasteiger charge is 2.18. The number of furan rings is 1.